The van der Waals surface area contributed by atoms with Crippen molar-refractivity contribution in [2.75, 3.05) is 26.7 Å². The van der Waals surface area contributed by atoms with Gasteiger partial charge in [0.05, 0.1) is 6.10 Å². The van der Waals surface area contributed by atoms with E-state index in [4.69, 9.17) is 9.47 Å². The van der Waals surface area contributed by atoms with Gasteiger partial charge in [0.25, 0.3) is 0 Å². The number of methoxy groups -OCH3 is 1. The lowest BCUT2D eigenvalue weighted by Gasteiger charge is -2.34. The largest absolute Gasteiger partial charge is 0.444 e. The first-order valence-electron chi connectivity index (χ1n) is 7.97. The summed E-state index contributed by atoms with van der Waals surface area (Å²) in [5.41, 5.74) is -0.415. The van der Waals surface area contributed by atoms with Crippen molar-refractivity contribution in [3.63, 3.8) is 0 Å². The summed E-state index contributed by atoms with van der Waals surface area (Å²) in [4.78, 5) is 13.8. The molecule has 0 aromatic rings. The van der Waals surface area contributed by atoms with Crippen molar-refractivity contribution in [1.29, 1.82) is 0 Å². The predicted molar refractivity (Wildman–Crippen MR) is 84.5 cm³/mol. The van der Waals surface area contributed by atoms with Crippen LogP contribution in [0.4, 0.5) is 4.79 Å². The third kappa shape index (κ3) is 6.66. The zero-order valence-corrected chi connectivity index (χ0v) is 14.4. The van der Waals surface area contributed by atoms with Crippen LogP contribution < -0.4 is 5.32 Å². The first kappa shape index (κ1) is 18.2. The van der Waals surface area contributed by atoms with Crippen LogP contribution in [0.3, 0.4) is 0 Å². The van der Waals surface area contributed by atoms with E-state index < -0.39 is 5.60 Å². The van der Waals surface area contributed by atoms with Crippen LogP contribution in [0, 0.1) is 5.92 Å². The molecule has 0 aromatic heterocycles. The Morgan fingerprint density at radius 2 is 1.86 bits per heavy atom. The highest BCUT2D eigenvalue weighted by molar-refractivity contribution is 5.68. The minimum atomic E-state index is -0.415. The molecule has 21 heavy (non-hydrogen) atoms. The number of nitrogens with one attached hydrogen (secondary N) is 1. The summed E-state index contributed by atoms with van der Waals surface area (Å²) in [5, 5.41) is 3.53. The Labute approximate surface area is 129 Å². The predicted octanol–water partition coefficient (Wildman–Crippen LogP) is 2.65. The maximum absolute atomic E-state index is 12.0. The van der Waals surface area contributed by atoms with Crippen molar-refractivity contribution in [3.05, 3.63) is 0 Å². The Bertz CT molecular complexity index is 320. The molecule has 1 amide bonds. The topological polar surface area (TPSA) is 50.8 Å². The highest BCUT2D eigenvalue weighted by atomic mass is 16.6. The molecule has 1 heterocycles. The standard InChI is InChI=1S/C16H32N2O3/c1-12(13(2)20-6)17-11-14-7-9-18(10-8-14)15(19)21-16(3,4)5/h12-14,17H,7-11H2,1-6H3. The molecule has 2 atom stereocenters. The van der Waals surface area contributed by atoms with Gasteiger partial charge in [-0.05, 0) is 59.9 Å². The highest BCUT2D eigenvalue weighted by Gasteiger charge is 2.27. The lowest BCUT2D eigenvalue weighted by atomic mass is 9.96. The van der Waals surface area contributed by atoms with E-state index in [0.29, 0.717) is 12.0 Å². The molecule has 0 bridgehead atoms. The van der Waals surface area contributed by atoms with E-state index in [0.717, 1.165) is 32.5 Å². The molecule has 1 aliphatic rings. The van der Waals surface area contributed by atoms with Gasteiger partial charge in [0, 0.05) is 26.2 Å². The number of carbonyl (C=O) groups is 1. The van der Waals surface area contributed by atoms with Gasteiger partial charge in [-0.3, -0.25) is 0 Å². The van der Waals surface area contributed by atoms with Gasteiger partial charge in [-0.15, -0.1) is 0 Å². The Hall–Kier alpha value is -0.810. The van der Waals surface area contributed by atoms with Crippen LogP contribution in [-0.4, -0.2) is 55.5 Å². The van der Waals surface area contributed by atoms with E-state index in [2.05, 4.69) is 19.2 Å². The molecule has 1 fully saturated rings. The van der Waals surface area contributed by atoms with Gasteiger partial charge >= 0.3 is 6.09 Å². The summed E-state index contributed by atoms with van der Waals surface area (Å²) < 4.78 is 10.7. The van der Waals surface area contributed by atoms with E-state index in [1.54, 1.807) is 7.11 Å². The van der Waals surface area contributed by atoms with Crippen molar-refractivity contribution >= 4 is 6.09 Å². The number of nitrogens with zero attached hydrogens (tertiary/aromatic N) is 1. The van der Waals surface area contributed by atoms with Crippen LogP contribution in [0.25, 0.3) is 0 Å². The summed E-state index contributed by atoms with van der Waals surface area (Å²) in [6.07, 6.45) is 2.09. The molecule has 0 aliphatic carbocycles. The highest BCUT2D eigenvalue weighted by Crippen LogP contribution is 2.19. The van der Waals surface area contributed by atoms with Crippen LogP contribution in [0.15, 0.2) is 0 Å². The molecule has 5 nitrogen and oxygen atoms in total. The normalized spacial score (nSPS) is 20.2. The summed E-state index contributed by atoms with van der Waals surface area (Å²) in [6.45, 7) is 12.5. The van der Waals surface area contributed by atoms with Crippen LogP contribution in [0.2, 0.25) is 0 Å². The van der Waals surface area contributed by atoms with Gasteiger partial charge in [0.1, 0.15) is 5.60 Å². The second kappa shape index (κ2) is 7.99. The first-order valence-corrected chi connectivity index (χ1v) is 7.97. The third-order valence-electron chi connectivity index (χ3n) is 4.07. The SMILES string of the molecule is COC(C)C(C)NCC1CCN(C(=O)OC(C)(C)C)CC1. The molecule has 2 unspecified atom stereocenters. The number of likely N-dealkylation sites (tertiary alicyclic amines) is 1. The molecule has 0 radical (unpaired) electrons. The fourth-order valence-corrected chi connectivity index (χ4v) is 2.37. The van der Waals surface area contributed by atoms with Crippen LogP contribution in [-0.2, 0) is 9.47 Å². The maximum atomic E-state index is 12.0. The number of hydrogen-bond donors (Lipinski definition) is 1. The Morgan fingerprint density at radius 1 is 1.29 bits per heavy atom. The molecule has 1 saturated heterocycles. The number of amides is 1. The molecule has 1 aliphatic heterocycles. The molecule has 1 N–H and O–H groups in total. The van der Waals surface area contributed by atoms with Gasteiger partial charge in [0.2, 0.25) is 0 Å². The van der Waals surface area contributed by atoms with Crippen molar-refractivity contribution in [2.45, 2.75) is 65.2 Å². The van der Waals surface area contributed by atoms with Crippen molar-refractivity contribution in [3.8, 4) is 0 Å². The lowest BCUT2D eigenvalue weighted by molar-refractivity contribution is 0.0180. The summed E-state index contributed by atoms with van der Waals surface area (Å²) >= 11 is 0. The van der Waals surface area contributed by atoms with Crippen molar-refractivity contribution < 1.29 is 14.3 Å². The molecule has 0 spiro atoms. The number of carbonyl (C=O) groups excluding carboxylic acids is 1. The van der Waals surface area contributed by atoms with Gasteiger partial charge in [-0.1, -0.05) is 0 Å². The minimum Gasteiger partial charge on any atom is -0.444 e. The molecular weight excluding hydrogens is 268 g/mol. The van der Waals surface area contributed by atoms with E-state index in [1.165, 1.54) is 0 Å². The average molecular weight is 300 g/mol. The lowest BCUT2D eigenvalue weighted by Crippen LogP contribution is -2.45. The van der Waals surface area contributed by atoms with E-state index in [-0.39, 0.29) is 12.2 Å². The molecule has 1 rings (SSSR count). The summed E-state index contributed by atoms with van der Waals surface area (Å²) in [6, 6.07) is 0.346. The summed E-state index contributed by atoms with van der Waals surface area (Å²) in [7, 11) is 1.74. The van der Waals surface area contributed by atoms with Crippen molar-refractivity contribution in [2.24, 2.45) is 5.92 Å². The number of piperidine rings is 1. The second-order valence-corrected chi connectivity index (χ2v) is 7.05. The number of hydrogen-bond acceptors (Lipinski definition) is 4. The van der Waals surface area contributed by atoms with Crippen LogP contribution in [0.5, 0.6) is 0 Å². The van der Waals surface area contributed by atoms with Crippen LogP contribution >= 0.6 is 0 Å². The molecular formula is C16H32N2O3. The number of rotatable bonds is 5. The summed E-state index contributed by atoms with van der Waals surface area (Å²) in [5.74, 6) is 0.621. The quantitative estimate of drug-likeness (QED) is 0.848. The molecule has 0 saturated carbocycles. The maximum Gasteiger partial charge on any atom is 0.410 e. The van der Waals surface area contributed by atoms with Crippen molar-refractivity contribution in [1.82, 2.24) is 10.2 Å². The first-order chi connectivity index (χ1) is 9.73. The zero-order valence-electron chi connectivity index (χ0n) is 14.4. The van der Waals surface area contributed by atoms with Crippen LogP contribution in [0.1, 0.15) is 47.5 Å². The van der Waals surface area contributed by atoms with E-state index in [1.807, 2.05) is 25.7 Å². The average Bonchev–Trinajstić information content (AvgIpc) is 2.42. The third-order valence-corrected chi connectivity index (χ3v) is 4.07. The zero-order chi connectivity index (χ0) is 16.0. The fraction of sp³-hybridized carbons (Fsp3) is 0.938. The van der Waals surface area contributed by atoms with E-state index in [9.17, 15) is 4.79 Å². The van der Waals surface area contributed by atoms with Gasteiger partial charge in [-0.2, -0.15) is 0 Å². The molecule has 124 valence electrons. The monoisotopic (exact) mass is 300 g/mol. The molecule has 0 aromatic carbocycles. The van der Waals surface area contributed by atoms with Gasteiger partial charge < -0.3 is 19.7 Å². The Kier molecular flexibility index (Phi) is 6.94. The second-order valence-electron chi connectivity index (χ2n) is 7.05. The van der Waals surface area contributed by atoms with E-state index >= 15 is 0 Å². The van der Waals surface area contributed by atoms with Gasteiger partial charge in [-0.25, -0.2) is 4.79 Å². The smallest absolute Gasteiger partial charge is 0.410 e. The minimum absolute atomic E-state index is 0.185. The Balaban J connectivity index is 2.28. The Morgan fingerprint density at radius 3 is 2.33 bits per heavy atom. The van der Waals surface area contributed by atoms with Gasteiger partial charge in [0.15, 0.2) is 0 Å². The number of ether oxygens (including phenoxy) is 2. The fourth-order valence-electron chi connectivity index (χ4n) is 2.37. The molecule has 5 heteroatoms.